The number of ether oxygens (including phenoxy) is 1. The van der Waals surface area contributed by atoms with Crippen LogP contribution in [-0.2, 0) is 16.1 Å². The molecule has 1 aromatic carbocycles. The summed E-state index contributed by atoms with van der Waals surface area (Å²) in [6.07, 6.45) is 2.17. The average molecular weight is 486 g/mol. The lowest BCUT2D eigenvalue weighted by Crippen LogP contribution is -2.30. The first-order valence-corrected chi connectivity index (χ1v) is 11.8. The van der Waals surface area contributed by atoms with E-state index in [0.717, 1.165) is 25.1 Å². The Labute approximate surface area is 201 Å². The van der Waals surface area contributed by atoms with Gasteiger partial charge in [-0.3, -0.25) is 14.2 Å². The van der Waals surface area contributed by atoms with E-state index in [0.29, 0.717) is 55.0 Å². The summed E-state index contributed by atoms with van der Waals surface area (Å²) < 4.78 is 34.3. The molecule has 0 unspecified atom stereocenters. The van der Waals surface area contributed by atoms with Gasteiger partial charge in [0.05, 0.1) is 24.9 Å². The Morgan fingerprint density at radius 2 is 1.91 bits per heavy atom. The molecule has 1 fully saturated rings. The Balaban J connectivity index is 1.61. The summed E-state index contributed by atoms with van der Waals surface area (Å²) >= 11 is 0. The number of hydrogen-bond acceptors (Lipinski definition) is 6. The first-order valence-electron chi connectivity index (χ1n) is 11.8. The van der Waals surface area contributed by atoms with E-state index in [1.165, 1.54) is 10.6 Å². The standard InChI is InChI=1S/C25H29F2N5O3/c1-16(2)35-14-13-32-24-21(9-8-20(30-24)17-6-7-18(26)19(27)15-17)29-23(25(32)34)28-10-4-12-31-11-3-5-22(31)33/h6-9,15-16H,3-5,10-14H2,1-2H3,(H,28,29). The fraction of sp³-hybridized carbons (Fsp3) is 0.440. The summed E-state index contributed by atoms with van der Waals surface area (Å²) in [7, 11) is 0. The van der Waals surface area contributed by atoms with Crippen LogP contribution in [0.2, 0.25) is 0 Å². The molecule has 3 heterocycles. The number of hydrogen-bond donors (Lipinski definition) is 1. The number of halogens is 2. The minimum absolute atomic E-state index is 0.00425. The molecule has 0 saturated carbocycles. The van der Waals surface area contributed by atoms with Crippen LogP contribution in [0.3, 0.4) is 0 Å². The number of carbonyl (C=O) groups is 1. The van der Waals surface area contributed by atoms with Crippen LogP contribution in [0.5, 0.6) is 0 Å². The Bertz CT molecular complexity index is 1280. The fourth-order valence-corrected chi connectivity index (χ4v) is 4.05. The van der Waals surface area contributed by atoms with Gasteiger partial charge in [0.2, 0.25) is 5.91 Å². The number of rotatable bonds is 10. The minimum atomic E-state index is -0.972. The largest absolute Gasteiger partial charge is 0.377 e. The second-order valence-electron chi connectivity index (χ2n) is 8.77. The van der Waals surface area contributed by atoms with Crippen LogP contribution in [0.4, 0.5) is 14.6 Å². The number of benzene rings is 1. The lowest BCUT2D eigenvalue weighted by atomic mass is 10.1. The van der Waals surface area contributed by atoms with Gasteiger partial charge in [-0.2, -0.15) is 0 Å². The Morgan fingerprint density at radius 1 is 1.09 bits per heavy atom. The molecule has 186 valence electrons. The summed E-state index contributed by atoms with van der Waals surface area (Å²) in [6.45, 7) is 6.26. The second-order valence-corrected chi connectivity index (χ2v) is 8.77. The number of anilines is 1. The van der Waals surface area contributed by atoms with E-state index >= 15 is 0 Å². The van der Waals surface area contributed by atoms with E-state index in [9.17, 15) is 18.4 Å². The second kappa shape index (κ2) is 10.9. The van der Waals surface area contributed by atoms with Crippen molar-refractivity contribution in [3.63, 3.8) is 0 Å². The van der Waals surface area contributed by atoms with E-state index in [1.54, 1.807) is 12.1 Å². The van der Waals surface area contributed by atoms with Crippen molar-refractivity contribution >= 4 is 22.9 Å². The van der Waals surface area contributed by atoms with E-state index in [1.807, 2.05) is 18.7 Å². The molecule has 35 heavy (non-hydrogen) atoms. The molecular weight excluding hydrogens is 456 g/mol. The predicted molar refractivity (Wildman–Crippen MR) is 129 cm³/mol. The van der Waals surface area contributed by atoms with Crippen LogP contribution in [0.15, 0.2) is 35.1 Å². The van der Waals surface area contributed by atoms with Crippen LogP contribution in [0, 0.1) is 11.6 Å². The van der Waals surface area contributed by atoms with Crippen molar-refractivity contribution in [2.24, 2.45) is 0 Å². The molecule has 8 nitrogen and oxygen atoms in total. The molecule has 0 spiro atoms. The number of likely N-dealkylation sites (tertiary alicyclic amines) is 1. The Morgan fingerprint density at radius 3 is 2.63 bits per heavy atom. The van der Waals surface area contributed by atoms with Crippen molar-refractivity contribution in [3.05, 3.63) is 52.3 Å². The van der Waals surface area contributed by atoms with Gasteiger partial charge in [0, 0.05) is 31.6 Å². The number of pyridine rings is 1. The summed E-state index contributed by atoms with van der Waals surface area (Å²) in [6, 6.07) is 6.91. The van der Waals surface area contributed by atoms with E-state index in [4.69, 9.17) is 4.74 Å². The number of carbonyl (C=O) groups excluding carboxylic acids is 1. The molecule has 1 saturated heterocycles. The van der Waals surface area contributed by atoms with Crippen LogP contribution in [0.1, 0.15) is 33.1 Å². The molecule has 0 bridgehead atoms. The molecule has 1 aliphatic rings. The first kappa shape index (κ1) is 24.7. The van der Waals surface area contributed by atoms with Crippen LogP contribution in [0.25, 0.3) is 22.4 Å². The Hall–Kier alpha value is -3.40. The Kier molecular flexibility index (Phi) is 7.70. The topological polar surface area (TPSA) is 89.4 Å². The van der Waals surface area contributed by atoms with Crippen molar-refractivity contribution in [3.8, 4) is 11.3 Å². The molecule has 3 aromatic rings. The fourth-order valence-electron chi connectivity index (χ4n) is 4.05. The van der Waals surface area contributed by atoms with Gasteiger partial charge >= 0.3 is 0 Å². The highest BCUT2D eigenvalue weighted by Gasteiger charge is 2.19. The maximum atomic E-state index is 13.8. The average Bonchev–Trinajstić information content (AvgIpc) is 3.24. The summed E-state index contributed by atoms with van der Waals surface area (Å²) in [5.74, 6) is -1.55. The van der Waals surface area contributed by atoms with Gasteiger partial charge in [0.25, 0.3) is 5.56 Å². The van der Waals surface area contributed by atoms with Crippen molar-refractivity contribution in [2.75, 3.05) is 31.6 Å². The highest BCUT2D eigenvalue weighted by atomic mass is 19.2. The summed E-state index contributed by atoms with van der Waals surface area (Å²) in [5.41, 5.74) is 1.25. The normalized spacial score (nSPS) is 13.9. The first-order chi connectivity index (χ1) is 16.8. The van der Waals surface area contributed by atoms with Gasteiger partial charge in [0.15, 0.2) is 23.1 Å². The smallest absolute Gasteiger partial charge is 0.295 e. The summed E-state index contributed by atoms with van der Waals surface area (Å²) in [4.78, 5) is 35.9. The van der Waals surface area contributed by atoms with Crippen LogP contribution in [-0.4, -0.2) is 57.7 Å². The van der Waals surface area contributed by atoms with E-state index in [-0.39, 0.29) is 29.9 Å². The number of amides is 1. The molecule has 10 heteroatoms. The van der Waals surface area contributed by atoms with Crippen molar-refractivity contribution in [1.29, 1.82) is 0 Å². The number of nitrogens with zero attached hydrogens (tertiary/aromatic N) is 4. The number of nitrogens with one attached hydrogen (secondary N) is 1. The molecule has 1 aliphatic heterocycles. The molecule has 4 rings (SSSR count). The lowest BCUT2D eigenvalue weighted by molar-refractivity contribution is -0.127. The molecule has 2 aromatic heterocycles. The molecule has 0 aliphatic carbocycles. The van der Waals surface area contributed by atoms with Gasteiger partial charge in [-0.05, 0) is 57.0 Å². The van der Waals surface area contributed by atoms with Crippen molar-refractivity contribution in [1.82, 2.24) is 19.4 Å². The third-order valence-corrected chi connectivity index (χ3v) is 5.84. The maximum absolute atomic E-state index is 13.8. The monoisotopic (exact) mass is 485 g/mol. The quantitative estimate of drug-likeness (QED) is 0.442. The number of aromatic nitrogens is 3. The highest BCUT2D eigenvalue weighted by Crippen LogP contribution is 2.22. The minimum Gasteiger partial charge on any atom is -0.377 e. The van der Waals surface area contributed by atoms with E-state index in [2.05, 4.69) is 15.3 Å². The summed E-state index contributed by atoms with van der Waals surface area (Å²) in [5, 5.41) is 3.10. The van der Waals surface area contributed by atoms with Crippen LogP contribution >= 0.6 is 0 Å². The van der Waals surface area contributed by atoms with E-state index < -0.39 is 11.6 Å². The van der Waals surface area contributed by atoms with Gasteiger partial charge in [-0.25, -0.2) is 18.7 Å². The molecule has 0 atom stereocenters. The zero-order chi connectivity index (χ0) is 24.9. The third kappa shape index (κ3) is 5.82. The van der Waals surface area contributed by atoms with Crippen molar-refractivity contribution < 1.29 is 18.3 Å². The van der Waals surface area contributed by atoms with Crippen molar-refractivity contribution in [2.45, 2.75) is 45.8 Å². The van der Waals surface area contributed by atoms with Gasteiger partial charge in [-0.15, -0.1) is 0 Å². The van der Waals surface area contributed by atoms with Gasteiger partial charge in [-0.1, -0.05) is 0 Å². The number of fused-ring (bicyclic) bond motifs is 1. The molecular formula is C25H29F2N5O3. The van der Waals surface area contributed by atoms with Gasteiger partial charge < -0.3 is 15.0 Å². The third-order valence-electron chi connectivity index (χ3n) is 5.84. The zero-order valence-corrected chi connectivity index (χ0v) is 19.9. The lowest BCUT2D eigenvalue weighted by Gasteiger charge is -2.16. The zero-order valence-electron chi connectivity index (χ0n) is 19.9. The SMILES string of the molecule is CC(C)OCCn1c(=O)c(NCCCN2CCCC2=O)nc2ccc(-c3ccc(F)c(F)c3)nc21. The van der Waals surface area contributed by atoms with Crippen LogP contribution < -0.4 is 10.9 Å². The highest BCUT2D eigenvalue weighted by molar-refractivity contribution is 5.78. The molecule has 1 amide bonds. The predicted octanol–water partition coefficient (Wildman–Crippen LogP) is 3.59. The maximum Gasteiger partial charge on any atom is 0.295 e. The molecule has 1 N–H and O–H groups in total. The van der Waals surface area contributed by atoms with Gasteiger partial charge in [0.1, 0.15) is 5.52 Å². The molecule has 0 radical (unpaired) electrons.